The highest BCUT2D eigenvalue weighted by Gasteiger charge is 2.16. The van der Waals surface area contributed by atoms with Crippen molar-refractivity contribution in [2.24, 2.45) is 0 Å². The van der Waals surface area contributed by atoms with E-state index in [-0.39, 0.29) is 17.3 Å². The molecule has 6 heteroatoms. The van der Waals surface area contributed by atoms with Crippen molar-refractivity contribution in [3.63, 3.8) is 0 Å². The summed E-state index contributed by atoms with van der Waals surface area (Å²) >= 11 is 3.27. The van der Waals surface area contributed by atoms with E-state index < -0.39 is 10.1 Å². The Balaban J connectivity index is 0.00000196. The molecule has 0 heterocycles. The molecular weight excluding hydrogens is 304 g/mol. The molecule has 0 atom stereocenters. The lowest BCUT2D eigenvalue weighted by atomic mass is 10.1. The van der Waals surface area contributed by atoms with Crippen LogP contribution in [0.25, 0.3) is 0 Å². The van der Waals surface area contributed by atoms with Crippen molar-refractivity contribution >= 4 is 38.5 Å². The lowest BCUT2D eigenvalue weighted by Crippen LogP contribution is -2.03. The molecule has 0 bridgehead atoms. The molecule has 0 aliphatic carbocycles. The van der Waals surface area contributed by atoms with Gasteiger partial charge in [0, 0.05) is 4.47 Å². The Kier molecular flexibility index (Phi) is 5.80. The first-order chi connectivity index (χ1) is 6.46. The van der Waals surface area contributed by atoms with Gasteiger partial charge in [0.1, 0.15) is 0 Å². The standard InChI is InChI=1S/C9H11BrO3S.ClH/c1-2-4-7-8(10)5-3-6-9(7)14(11,12)13;/h3,5-6H,2,4H2,1H3,(H,11,12,13);1H. The van der Waals surface area contributed by atoms with Gasteiger partial charge in [0.15, 0.2) is 0 Å². The van der Waals surface area contributed by atoms with Crippen molar-refractivity contribution < 1.29 is 13.0 Å². The van der Waals surface area contributed by atoms with E-state index in [2.05, 4.69) is 15.9 Å². The van der Waals surface area contributed by atoms with Crippen molar-refractivity contribution in [2.75, 3.05) is 0 Å². The fourth-order valence-electron chi connectivity index (χ4n) is 1.27. The Bertz CT molecular complexity index is 431. The highest BCUT2D eigenvalue weighted by molar-refractivity contribution is 9.10. The number of hydrogen-bond acceptors (Lipinski definition) is 2. The van der Waals surface area contributed by atoms with Gasteiger partial charge < -0.3 is 0 Å². The zero-order valence-electron chi connectivity index (χ0n) is 8.10. The Morgan fingerprint density at radius 1 is 1.40 bits per heavy atom. The summed E-state index contributed by atoms with van der Waals surface area (Å²) in [6.45, 7) is 1.95. The summed E-state index contributed by atoms with van der Waals surface area (Å²) in [6.07, 6.45) is 1.45. The van der Waals surface area contributed by atoms with Gasteiger partial charge in [-0.25, -0.2) is 0 Å². The van der Waals surface area contributed by atoms with Gasteiger partial charge in [-0.1, -0.05) is 35.3 Å². The number of halogens is 2. The molecule has 0 unspecified atom stereocenters. The summed E-state index contributed by atoms with van der Waals surface area (Å²) in [6, 6.07) is 4.76. The van der Waals surface area contributed by atoms with Gasteiger partial charge in [-0.3, -0.25) is 4.55 Å². The van der Waals surface area contributed by atoms with E-state index >= 15 is 0 Å². The molecular formula is C9H12BrClO3S. The molecule has 0 fully saturated rings. The van der Waals surface area contributed by atoms with Crippen LogP contribution in [0.1, 0.15) is 18.9 Å². The number of rotatable bonds is 3. The normalized spacial score (nSPS) is 10.9. The highest BCUT2D eigenvalue weighted by Crippen LogP contribution is 2.25. The monoisotopic (exact) mass is 314 g/mol. The summed E-state index contributed by atoms with van der Waals surface area (Å²) in [7, 11) is -4.11. The SMILES string of the molecule is CCCc1c(Br)cccc1S(=O)(=O)O.Cl. The van der Waals surface area contributed by atoms with Crippen LogP contribution in [0.5, 0.6) is 0 Å². The first kappa shape index (κ1) is 14.9. The predicted octanol–water partition coefficient (Wildman–Crippen LogP) is 3.07. The molecule has 0 saturated heterocycles. The average molecular weight is 316 g/mol. The van der Waals surface area contributed by atoms with Crippen molar-refractivity contribution in [3.05, 3.63) is 28.2 Å². The summed E-state index contributed by atoms with van der Waals surface area (Å²) in [4.78, 5) is -0.00581. The molecule has 0 aliphatic heterocycles. The molecule has 3 nitrogen and oxygen atoms in total. The molecule has 1 rings (SSSR count). The number of hydrogen-bond donors (Lipinski definition) is 1. The minimum atomic E-state index is -4.11. The molecule has 0 radical (unpaired) electrons. The van der Waals surface area contributed by atoms with Crippen LogP contribution in [0, 0.1) is 0 Å². The average Bonchev–Trinajstić information content (AvgIpc) is 2.07. The van der Waals surface area contributed by atoms with Gasteiger partial charge in [0.2, 0.25) is 0 Å². The largest absolute Gasteiger partial charge is 0.294 e. The van der Waals surface area contributed by atoms with Crippen LogP contribution >= 0.6 is 28.3 Å². The highest BCUT2D eigenvalue weighted by atomic mass is 79.9. The van der Waals surface area contributed by atoms with Crippen LogP contribution in [-0.2, 0) is 16.5 Å². The van der Waals surface area contributed by atoms with E-state index in [1.165, 1.54) is 6.07 Å². The Morgan fingerprint density at radius 3 is 2.47 bits per heavy atom. The molecule has 1 aromatic rings. The van der Waals surface area contributed by atoms with Crippen molar-refractivity contribution in [2.45, 2.75) is 24.7 Å². The lowest BCUT2D eigenvalue weighted by molar-refractivity contribution is 0.482. The van der Waals surface area contributed by atoms with E-state index in [9.17, 15) is 8.42 Å². The zero-order chi connectivity index (χ0) is 10.8. The zero-order valence-corrected chi connectivity index (χ0v) is 11.3. The van der Waals surface area contributed by atoms with Gasteiger partial charge in [0.05, 0.1) is 4.90 Å². The van der Waals surface area contributed by atoms with Gasteiger partial charge in [0.25, 0.3) is 10.1 Å². The van der Waals surface area contributed by atoms with Gasteiger partial charge in [-0.2, -0.15) is 8.42 Å². The van der Waals surface area contributed by atoms with E-state index in [4.69, 9.17) is 4.55 Å². The Labute approximate surface area is 104 Å². The maximum absolute atomic E-state index is 11.0. The van der Waals surface area contributed by atoms with Crippen LogP contribution in [-0.4, -0.2) is 13.0 Å². The third-order valence-electron chi connectivity index (χ3n) is 1.85. The molecule has 0 aliphatic rings. The molecule has 0 saturated carbocycles. The Morgan fingerprint density at radius 2 is 2.00 bits per heavy atom. The summed E-state index contributed by atoms with van der Waals surface area (Å²) < 4.78 is 31.7. The van der Waals surface area contributed by atoms with Crippen molar-refractivity contribution in [3.8, 4) is 0 Å². The maximum Gasteiger partial charge on any atom is 0.294 e. The van der Waals surface area contributed by atoms with Crippen LogP contribution in [0.15, 0.2) is 27.6 Å². The number of benzene rings is 1. The molecule has 15 heavy (non-hydrogen) atoms. The third kappa shape index (κ3) is 3.75. The third-order valence-corrected chi connectivity index (χ3v) is 3.54. The van der Waals surface area contributed by atoms with Gasteiger partial charge >= 0.3 is 0 Å². The molecule has 0 spiro atoms. The summed E-state index contributed by atoms with van der Waals surface area (Å²) in [5.41, 5.74) is 0.637. The maximum atomic E-state index is 11.0. The van der Waals surface area contributed by atoms with E-state index in [1.54, 1.807) is 12.1 Å². The molecule has 1 N–H and O–H groups in total. The Hall–Kier alpha value is -0.100. The second-order valence-corrected chi connectivity index (χ2v) is 5.19. The lowest BCUT2D eigenvalue weighted by Gasteiger charge is -2.07. The van der Waals surface area contributed by atoms with Gasteiger partial charge in [-0.15, -0.1) is 12.4 Å². The summed E-state index contributed by atoms with van der Waals surface area (Å²) in [5, 5.41) is 0. The molecule has 0 aromatic heterocycles. The minimum absolute atomic E-state index is 0. The second-order valence-electron chi connectivity index (χ2n) is 2.94. The first-order valence-electron chi connectivity index (χ1n) is 4.21. The smallest absolute Gasteiger partial charge is 0.282 e. The van der Waals surface area contributed by atoms with E-state index in [1.807, 2.05) is 6.92 Å². The quantitative estimate of drug-likeness (QED) is 0.872. The van der Waals surface area contributed by atoms with Crippen molar-refractivity contribution in [1.29, 1.82) is 0 Å². The molecule has 1 aromatic carbocycles. The van der Waals surface area contributed by atoms with E-state index in [0.717, 1.165) is 10.9 Å². The summed E-state index contributed by atoms with van der Waals surface area (Å²) in [5.74, 6) is 0. The second kappa shape index (κ2) is 5.84. The fourth-order valence-corrected chi connectivity index (χ4v) is 2.74. The molecule has 86 valence electrons. The van der Waals surface area contributed by atoms with Crippen LogP contribution in [0.2, 0.25) is 0 Å². The van der Waals surface area contributed by atoms with Crippen LogP contribution in [0.3, 0.4) is 0 Å². The fraction of sp³-hybridized carbons (Fsp3) is 0.333. The van der Waals surface area contributed by atoms with Crippen molar-refractivity contribution in [1.82, 2.24) is 0 Å². The van der Waals surface area contributed by atoms with Crippen LogP contribution in [0.4, 0.5) is 0 Å². The topological polar surface area (TPSA) is 54.4 Å². The van der Waals surface area contributed by atoms with Crippen LogP contribution < -0.4 is 0 Å². The van der Waals surface area contributed by atoms with Gasteiger partial charge in [-0.05, 0) is 24.1 Å². The first-order valence-corrected chi connectivity index (χ1v) is 6.45. The predicted molar refractivity (Wildman–Crippen MR) is 65.2 cm³/mol. The molecule has 0 amide bonds. The minimum Gasteiger partial charge on any atom is -0.282 e. The van der Waals surface area contributed by atoms with E-state index in [0.29, 0.717) is 12.0 Å².